The molecule has 0 amide bonds. The number of rotatable bonds is 6. The van der Waals surface area contributed by atoms with Crippen LogP contribution in [0.5, 0.6) is 0 Å². The summed E-state index contributed by atoms with van der Waals surface area (Å²) >= 11 is 0. The fourth-order valence-electron chi connectivity index (χ4n) is 2.82. The van der Waals surface area contributed by atoms with E-state index >= 15 is 0 Å². The van der Waals surface area contributed by atoms with Gasteiger partial charge in [-0.05, 0) is 25.2 Å². The van der Waals surface area contributed by atoms with Crippen molar-refractivity contribution in [3.05, 3.63) is 12.4 Å². The third kappa shape index (κ3) is 3.48. The molecule has 1 aliphatic carbocycles. The van der Waals surface area contributed by atoms with Crippen LogP contribution < -0.4 is 5.32 Å². The van der Waals surface area contributed by atoms with Crippen molar-refractivity contribution in [2.75, 3.05) is 25.6 Å². The smallest absolute Gasteiger partial charge is 0.203 e. The molecule has 18 heavy (non-hydrogen) atoms. The molecule has 2 atom stereocenters. The molecule has 0 bridgehead atoms. The fraction of sp³-hybridized carbons (Fsp3) is 0.786. The SMILES string of the molecule is COCCCNc1nccn1C1CCCC(C)C1. The minimum absolute atomic E-state index is 0.626. The number of nitrogens with one attached hydrogen (secondary N) is 1. The van der Waals surface area contributed by atoms with Gasteiger partial charge in [-0.15, -0.1) is 0 Å². The van der Waals surface area contributed by atoms with Crippen LogP contribution in [-0.4, -0.2) is 29.8 Å². The van der Waals surface area contributed by atoms with E-state index in [0.29, 0.717) is 6.04 Å². The topological polar surface area (TPSA) is 39.1 Å². The number of aromatic nitrogens is 2. The maximum atomic E-state index is 5.05. The second-order valence-electron chi connectivity index (χ2n) is 5.36. The third-order valence-electron chi connectivity index (χ3n) is 3.78. The maximum absolute atomic E-state index is 5.05. The van der Waals surface area contributed by atoms with E-state index in [1.54, 1.807) is 7.11 Å². The Bertz CT molecular complexity index is 351. The van der Waals surface area contributed by atoms with Crippen molar-refractivity contribution in [3.63, 3.8) is 0 Å². The second kappa shape index (κ2) is 6.78. The molecule has 1 fully saturated rings. The molecule has 0 spiro atoms. The van der Waals surface area contributed by atoms with Crippen molar-refractivity contribution >= 4 is 5.95 Å². The average Bonchev–Trinajstić information content (AvgIpc) is 2.83. The van der Waals surface area contributed by atoms with Gasteiger partial charge in [0, 0.05) is 38.7 Å². The lowest BCUT2D eigenvalue weighted by molar-refractivity contribution is 0.197. The standard InChI is InChI=1S/C14H25N3O/c1-12-5-3-6-13(11-12)17-9-8-16-14(17)15-7-4-10-18-2/h8-9,12-13H,3-7,10-11H2,1-2H3,(H,15,16). The maximum Gasteiger partial charge on any atom is 0.203 e. The van der Waals surface area contributed by atoms with E-state index in [4.69, 9.17) is 4.74 Å². The van der Waals surface area contributed by atoms with Crippen molar-refractivity contribution in [3.8, 4) is 0 Å². The average molecular weight is 251 g/mol. The monoisotopic (exact) mass is 251 g/mol. The highest BCUT2D eigenvalue weighted by Gasteiger charge is 2.21. The lowest BCUT2D eigenvalue weighted by atomic mass is 9.87. The Kier molecular flexibility index (Phi) is 5.05. The number of nitrogens with zero attached hydrogens (tertiary/aromatic N) is 2. The van der Waals surface area contributed by atoms with Gasteiger partial charge in [-0.3, -0.25) is 0 Å². The Balaban J connectivity index is 1.90. The number of methoxy groups -OCH3 is 1. The molecule has 1 heterocycles. The number of hydrogen-bond donors (Lipinski definition) is 1. The van der Waals surface area contributed by atoms with Crippen LogP contribution in [0.2, 0.25) is 0 Å². The van der Waals surface area contributed by atoms with Gasteiger partial charge in [0.15, 0.2) is 0 Å². The molecule has 4 nitrogen and oxygen atoms in total. The first kappa shape index (κ1) is 13.4. The van der Waals surface area contributed by atoms with Gasteiger partial charge >= 0.3 is 0 Å². The predicted molar refractivity (Wildman–Crippen MR) is 73.9 cm³/mol. The Morgan fingerprint density at radius 2 is 2.39 bits per heavy atom. The molecule has 0 aromatic carbocycles. The summed E-state index contributed by atoms with van der Waals surface area (Å²) < 4.78 is 7.38. The normalized spacial score (nSPS) is 24.1. The van der Waals surface area contributed by atoms with Gasteiger partial charge in [-0.25, -0.2) is 4.98 Å². The van der Waals surface area contributed by atoms with Crippen molar-refractivity contribution in [2.45, 2.75) is 45.1 Å². The number of hydrogen-bond acceptors (Lipinski definition) is 3. The van der Waals surface area contributed by atoms with E-state index in [2.05, 4.69) is 28.0 Å². The van der Waals surface area contributed by atoms with Gasteiger partial charge in [0.1, 0.15) is 0 Å². The van der Waals surface area contributed by atoms with Crippen molar-refractivity contribution in [1.82, 2.24) is 9.55 Å². The molecule has 2 unspecified atom stereocenters. The lowest BCUT2D eigenvalue weighted by Crippen LogP contribution is -2.19. The third-order valence-corrected chi connectivity index (χ3v) is 3.78. The van der Waals surface area contributed by atoms with Crippen LogP contribution in [0.3, 0.4) is 0 Å². The predicted octanol–water partition coefficient (Wildman–Crippen LogP) is 3.08. The van der Waals surface area contributed by atoms with Crippen LogP contribution in [0.1, 0.15) is 45.1 Å². The molecule has 1 saturated carbocycles. The summed E-state index contributed by atoms with van der Waals surface area (Å²) in [6.07, 6.45) is 10.3. The molecule has 1 aromatic heterocycles. The van der Waals surface area contributed by atoms with E-state index in [0.717, 1.165) is 31.4 Å². The summed E-state index contributed by atoms with van der Waals surface area (Å²) in [5, 5.41) is 3.41. The molecular formula is C14H25N3O. The first-order chi connectivity index (χ1) is 8.81. The molecular weight excluding hydrogens is 226 g/mol. The summed E-state index contributed by atoms with van der Waals surface area (Å²) in [5.74, 6) is 1.86. The van der Waals surface area contributed by atoms with Crippen molar-refractivity contribution in [2.24, 2.45) is 5.92 Å². The molecule has 1 aromatic rings. The highest BCUT2D eigenvalue weighted by molar-refractivity contribution is 5.26. The Morgan fingerprint density at radius 1 is 1.50 bits per heavy atom. The second-order valence-corrected chi connectivity index (χ2v) is 5.36. The Morgan fingerprint density at radius 3 is 3.17 bits per heavy atom. The quantitative estimate of drug-likeness (QED) is 0.790. The number of anilines is 1. The van der Waals surface area contributed by atoms with Crippen molar-refractivity contribution in [1.29, 1.82) is 0 Å². The fourth-order valence-corrected chi connectivity index (χ4v) is 2.82. The minimum atomic E-state index is 0.626. The van der Waals surface area contributed by atoms with Gasteiger partial charge < -0.3 is 14.6 Å². The molecule has 102 valence electrons. The summed E-state index contributed by atoms with van der Waals surface area (Å²) in [7, 11) is 1.74. The number of ether oxygens (including phenoxy) is 1. The molecule has 0 saturated heterocycles. The van der Waals surface area contributed by atoms with E-state index in [1.807, 2.05) is 6.20 Å². The van der Waals surface area contributed by atoms with Crippen LogP contribution in [0.4, 0.5) is 5.95 Å². The van der Waals surface area contributed by atoms with Crippen molar-refractivity contribution < 1.29 is 4.74 Å². The Hall–Kier alpha value is -1.03. The zero-order valence-electron chi connectivity index (χ0n) is 11.6. The summed E-state index contributed by atoms with van der Waals surface area (Å²) in [5.41, 5.74) is 0. The molecule has 0 radical (unpaired) electrons. The van der Waals surface area contributed by atoms with Gasteiger partial charge in [-0.1, -0.05) is 19.8 Å². The van der Waals surface area contributed by atoms with E-state index in [-0.39, 0.29) is 0 Å². The van der Waals surface area contributed by atoms with Gasteiger partial charge in [0.05, 0.1) is 0 Å². The first-order valence-corrected chi connectivity index (χ1v) is 7.07. The molecule has 4 heteroatoms. The minimum Gasteiger partial charge on any atom is -0.385 e. The van der Waals surface area contributed by atoms with Gasteiger partial charge in [-0.2, -0.15) is 0 Å². The van der Waals surface area contributed by atoms with E-state index in [9.17, 15) is 0 Å². The number of imidazole rings is 1. The molecule has 1 aliphatic rings. The highest BCUT2D eigenvalue weighted by Crippen LogP contribution is 2.33. The van der Waals surface area contributed by atoms with Crippen LogP contribution in [-0.2, 0) is 4.74 Å². The summed E-state index contributed by atoms with van der Waals surface area (Å²) in [4.78, 5) is 4.43. The van der Waals surface area contributed by atoms with Gasteiger partial charge in [0.25, 0.3) is 0 Å². The van der Waals surface area contributed by atoms with Crippen LogP contribution in [0.25, 0.3) is 0 Å². The lowest BCUT2D eigenvalue weighted by Gasteiger charge is -2.28. The van der Waals surface area contributed by atoms with Gasteiger partial charge in [0.2, 0.25) is 5.95 Å². The zero-order valence-corrected chi connectivity index (χ0v) is 11.6. The van der Waals surface area contributed by atoms with Crippen LogP contribution in [0.15, 0.2) is 12.4 Å². The van der Waals surface area contributed by atoms with Crippen LogP contribution >= 0.6 is 0 Å². The largest absolute Gasteiger partial charge is 0.385 e. The zero-order chi connectivity index (χ0) is 12.8. The molecule has 0 aliphatic heterocycles. The highest BCUT2D eigenvalue weighted by atomic mass is 16.5. The molecule has 1 N–H and O–H groups in total. The van der Waals surface area contributed by atoms with E-state index in [1.165, 1.54) is 25.7 Å². The molecule has 2 rings (SSSR count). The first-order valence-electron chi connectivity index (χ1n) is 7.07. The summed E-state index contributed by atoms with van der Waals surface area (Å²) in [6, 6.07) is 0.626. The van der Waals surface area contributed by atoms with E-state index < -0.39 is 0 Å². The Labute approximate surface area is 110 Å². The van der Waals surface area contributed by atoms with Crippen LogP contribution in [0, 0.1) is 5.92 Å². The summed E-state index contributed by atoms with van der Waals surface area (Å²) in [6.45, 7) is 4.08.